The SMILES string of the molecule is C[C@H](C(=O)NCc1ccc(Cl)cc1Cl)N(Cc1ccc(Cl)cc1)C(=O)CN(Cc1ccccc1)S(C)(=O)=O. The Balaban J connectivity index is 1.81. The molecule has 38 heavy (non-hydrogen) atoms. The van der Waals surface area contributed by atoms with E-state index in [0.29, 0.717) is 20.6 Å². The summed E-state index contributed by atoms with van der Waals surface area (Å²) in [5.41, 5.74) is 2.14. The number of nitrogens with zero attached hydrogens (tertiary/aromatic N) is 2. The number of hydrogen-bond acceptors (Lipinski definition) is 4. The highest BCUT2D eigenvalue weighted by atomic mass is 35.5. The topological polar surface area (TPSA) is 86.8 Å². The van der Waals surface area contributed by atoms with Crippen LogP contribution in [0, 0.1) is 0 Å². The molecule has 0 aliphatic carbocycles. The Kier molecular flexibility index (Phi) is 10.6. The first-order valence-corrected chi connectivity index (χ1v) is 14.7. The number of carbonyl (C=O) groups is 2. The van der Waals surface area contributed by atoms with Gasteiger partial charge in [0, 0.05) is 34.7 Å². The van der Waals surface area contributed by atoms with Crippen molar-refractivity contribution in [2.24, 2.45) is 0 Å². The summed E-state index contributed by atoms with van der Waals surface area (Å²) >= 11 is 18.2. The maximum atomic E-state index is 13.6. The maximum absolute atomic E-state index is 13.6. The minimum absolute atomic E-state index is 0.0237. The van der Waals surface area contributed by atoms with Gasteiger partial charge in [0.2, 0.25) is 21.8 Å². The van der Waals surface area contributed by atoms with Gasteiger partial charge in [0.25, 0.3) is 0 Å². The predicted octanol–water partition coefficient (Wildman–Crippen LogP) is 5.14. The Bertz CT molecular complexity index is 1370. The predicted molar refractivity (Wildman–Crippen MR) is 151 cm³/mol. The lowest BCUT2D eigenvalue weighted by molar-refractivity contribution is -0.140. The van der Waals surface area contributed by atoms with E-state index in [2.05, 4.69) is 5.32 Å². The molecular formula is C27H28Cl3N3O4S. The van der Waals surface area contributed by atoms with Crippen LogP contribution in [0.4, 0.5) is 0 Å². The first-order chi connectivity index (χ1) is 17.9. The van der Waals surface area contributed by atoms with Crippen molar-refractivity contribution in [2.45, 2.75) is 32.6 Å². The van der Waals surface area contributed by atoms with E-state index in [1.165, 1.54) is 4.90 Å². The standard InChI is InChI=1S/C27H28Cl3N3O4S/c1-19(27(35)31-15-22-10-13-24(29)14-25(22)30)33(17-21-8-11-23(28)12-9-21)26(34)18-32(38(2,36)37)16-20-6-4-3-5-7-20/h3-14,19H,15-18H2,1-2H3,(H,31,35)/t19-/m1/s1. The lowest BCUT2D eigenvalue weighted by Crippen LogP contribution is -2.50. The van der Waals surface area contributed by atoms with E-state index in [-0.39, 0.29) is 19.6 Å². The van der Waals surface area contributed by atoms with Crippen molar-refractivity contribution < 1.29 is 18.0 Å². The zero-order valence-corrected chi connectivity index (χ0v) is 24.0. The summed E-state index contributed by atoms with van der Waals surface area (Å²) < 4.78 is 26.2. The molecule has 3 aromatic carbocycles. The fraction of sp³-hybridized carbons (Fsp3) is 0.259. The number of carbonyl (C=O) groups excluding carboxylic acids is 2. The molecule has 0 heterocycles. The van der Waals surface area contributed by atoms with Crippen molar-refractivity contribution >= 4 is 56.6 Å². The molecule has 1 atom stereocenters. The normalized spacial score (nSPS) is 12.3. The smallest absolute Gasteiger partial charge is 0.242 e. The molecule has 2 amide bonds. The molecule has 0 fully saturated rings. The number of sulfonamides is 1. The van der Waals surface area contributed by atoms with Crippen LogP contribution in [0.2, 0.25) is 15.1 Å². The van der Waals surface area contributed by atoms with Crippen LogP contribution < -0.4 is 5.32 Å². The lowest BCUT2D eigenvalue weighted by Gasteiger charge is -2.31. The molecule has 3 aromatic rings. The number of hydrogen-bond donors (Lipinski definition) is 1. The first kappa shape index (κ1) is 29.9. The minimum atomic E-state index is -3.73. The Morgan fingerprint density at radius 1 is 0.868 bits per heavy atom. The van der Waals surface area contributed by atoms with Crippen molar-refractivity contribution in [3.05, 3.63) is 105 Å². The average molecular weight is 597 g/mol. The van der Waals surface area contributed by atoms with Crippen LogP contribution >= 0.6 is 34.8 Å². The van der Waals surface area contributed by atoms with Crippen LogP contribution in [0.5, 0.6) is 0 Å². The Morgan fingerprint density at radius 2 is 1.47 bits per heavy atom. The molecule has 0 aromatic heterocycles. The maximum Gasteiger partial charge on any atom is 0.242 e. The van der Waals surface area contributed by atoms with Gasteiger partial charge in [-0.1, -0.05) is 83.3 Å². The van der Waals surface area contributed by atoms with Gasteiger partial charge in [0.15, 0.2) is 0 Å². The van der Waals surface area contributed by atoms with Gasteiger partial charge in [-0.25, -0.2) is 8.42 Å². The molecule has 11 heteroatoms. The molecule has 0 aliphatic rings. The van der Waals surface area contributed by atoms with Gasteiger partial charge in [0.05, 0.1) is 12.8 Å². The van der Waals surface area contributed by atoms with E-state index in [1.54, 1.807) is 73.7 Å². The summed E-state index contributed by atoms with van der Waals surface area (Å²) in [7, 11) is -3.73. The molecule has 0 radical (unpaired) electrons. The molecule has 0 saturated heterocycles. The van der Waals surface area contributed by atoms with Crippen molar-refractivity contribution in [2.75, 3.05) is 12.8 Å². The first-order valence-electron chi connectivity index (χ1n) is 11.7. The second-order valence-corrected chi connectivity index (χ2v) is 12.1. The highest BCUT2D eigenvalue weighted by Crippen LogP contribution is 2.21. The van der Waals surface area contributed by atoms with Gasteiger partial charge >= 0.3 is 0 Å². The Morgan fingerprint density at radius 3 is 2.08 bits per heavy atom. The quantitative estimate of drug-likeness (QED) is 0.332. The van der Waals surface area contributed by atoms with Crippen molar-refractivity contribution in [3.8, 4) is 0 Å². The molecule has 0 aliphatic heterocycles. The third kappa shape index (κ3) is 8.71. The summed E-state index contributed by atoms with van der Waals surface area (Å²) in [6.07, 6.45) is 1.05. The van der Waals surface area contributed by atoms with Crippen LogP contribution in [0.3, 0.4) is 0 Å². The lowest BCUT2D eigenvalue weighted by atomic mass is 10.1. The molecule has 0 spiro atoms. The van der Waals surface area contributed by atoms with Crippen molar-refractivity contribution in [3.63, 3.8) is 0 Å². The second-order valence-electron chi connectivity index (χ2n) is 8.79. The highest BCUT2D eigenvalue weighted by Gasteiger charge is 2.30. The zero-order chi connectivity index (χ0) is 27.9. The molecule has 0 bridgehead atoms. The number of rotatable bonds is 11. The fourth-order valence-corrected chi connectivity index (χ4v) is 5.01. The van der Waals surface area contributed by atoms with Crippen LogP contribution in [-0.4, -0.2) is 48.3 Å². The summed E-state index contributed by atoms with van der Waals surface area (Å²) in [4.78, 5) is 28.0. The molecule has 3 rings (SSSR count). The van der Waals surface area contributed by atoms with Crippen LogP contribution in [-0.2, 0) is 39.2 Å². The molecular weight excluding hydrogens is 569 g/mol. The van der Waals surface area contributed by atoms with Gasteiger partial charge in [-0.15, -0.1) is 0 Å². The molecule has 1 N–H and O–H groups in total. The van der Waals surface area contributed by atoms with Gasteiger partial charge < -0.3 is 10.2 Å². The summed E-state index contributed by atoms with van der Waals surface area (Å²) in [6.45, 7) is 1.40. The number of amides is 2. The number of halogens is 3. The number of nitrogens with one attached hydrogen (secondary N) is 1. The van der Waals surface area contributed by atoms with Gasteiger partial charge in [0.1, 0.15) is 6.04 Å². The zero-order valence-electron chi connectivity index (χ0n) is 20.9. The monoisotopic (exact) mass is 595 g/mol. The van der Waals surface area contributed by atoms with Crippen molar-refractivity contribution in [1.82, 2.24) is 14.5 Å². The molecule has 0 saturated carbocycles. The minimum Gasteiger partial charge on any atom is -0.350 e. The molecule has 202 valence electrons. The fourth-order valence-electron chi connectivity index (χ4n) is 3.68. The summed E-state index contributed by atoms with van der Waals surface area (Å²) in [5, 5.41) is 4.21. The van der Waals surface area contributed by atoms with Gasteiger partial charge in [-0.3, -0.25) is 9.59 Å². The van der Waals surface area contributed by atoms with Gasteiger partial charge in [-0.05, 0) is 47.9 Å². The Hall–Kier alpha value is -2.62. The summed E-state index contributed by atoms with van der Waals surface area (Å²) in [6, 6.07) is 19.9. The van der Waals surface area contributed by atoms with Crippen LogP contribution in [0.25, 0.3) is 0 Å². The van der Waals surface area contributed by atoms with E-state index in [9.17, 15) is 18.0 Å². The van der Waals surface area contributed by atoms with E-state index in [4.69, 9.17) is 34.8 Å². The van der Waals surface area contributed by atoms with E-state index in [1.807, 2.05) is 6.07 Å². The van der Waals surface area contributed by atoms with E-state index >= 15 is 0 Å². The average Bonchev–Trinajstić information content (AvgIpc) is 2.87. The van der Waals surface area contributed by atoms with Crippen molar-refractivity contribution in [1.29, 1.82) is 0 Å². The van der Waals surface area contributed by atoms with Crippen LogP contribution in [0.15, 0.2) is 72.8 Å². The third-order valence-corrected chi connectivity index (χ3v) is 7.92. The van der Waals surface area contributed by atoms with E-state index in [0.717, 1.165) is 21.7 Å². The third-order valence-electron chi connectivity index (χ3n) is 5.88. The van der Waals surface area contributed by atoms with Crippen LogP contribution in [0.1, 0.15) is 23.6 Å². The largest absolute Gasteiger partial charge is 0.350 e. The second kappa shape index (κ2) is 13.4. The molecule has 0 unspecified atom stereocenters. The highest BCUT2D eigenvalue weighted by molar-refractivity contribution is 7.88. The summed E-state index contributed by atoms with van der Waals surface area (Å²) in [5.74, 6) is -0.944. The number of benzene rings is 3. The van der Waals surface area contributed by atoms with Gasteiger partial charge in [-0.2, -0.15) is 4.31 Å². The molecule has 7 nitrogen and oxygen atoms in total. The van der Waals surface area contributed by atoms with E-state index < -0.39 is 34.4 Å². The Labute approximate surface area is 238 Å².